The van der Waals surface area contributed by atoms with Gasteiger partial charge in [-0.3, -0.25) is 0 Å². The maximum Gasteiger partial charge on any atom is 0.258 e. The molecule has 188 valence electrons. The number of ether oxygens (including phenoxy) is 1. The van der Waals surface area contributed by atoms with Gasteiger partial charge in [-0.2, -0.15) is 4.98 Å². The highest BCUT2D eigenvalue weighted by Gasteiger charge is 2.41. The number of aliphatic hydroxyl groups is 3. The Morgan fingerprint density at radius 2 is 1.91 bits per heavy atom. The van der Waals surface area contributed by atoms with Crippen LogP contribution in [0, 0.1) is 25.7 Å². The van der Waals surface area contributed by atoms with E-state index in [1.807, 2.05) is 32.9 Å². The zero-order valence-electron chi connectivity index (χ0n) is 20.3. The van der Waals surface area contributed by atoms with Crippen LogP contribution in [0.3, 0.4) is 0 Å². The van der Waals surface area contributed by atoms with E-state index in [9.17, 15) is 15.3 Å². The molecule has 0 radical (unpaired) electrons. The quantitative estimate of drug-likeness (QED) is 0.308. The summed E-state index contributed by atoms with van der Waals surface area (Å²) in [5.74, 6) is 2.22. The Bertz CT molecular complexity index is 1210. The van der Waals surface area contributed by atoms with E-state index in [1.165, 1.54) is 12.8 Å². The van der Waals surface area contributed by atoms with Gasteiger partial charge in [-0.25, -0.2) is 9.97 Å². The summed E-state index contributed by atoms with van der Waals surface area (Å²) >= 11 is 0. The van der Waals surface area contributed by atoms with Crippen LogP contribution >= 0.6 is 0 Å². The summed E-state index contributed by atoms with van der Waals surface area (Å²) in [6.45, 7) is 6.76. The Hall–Kier alpha value is -2.95. The fraction of sp³-hybridized carbons (Fsp3) is 0.560. The van der Waals surface area contributed by atoms with E-state index in [4.69, 9.17) is 14.1 Å². The van der Waals surface area contributed by atoms with Crippen LogP contribution in [-0.2, 0) is 0 Å². The van der Waals surface area contributed by atoms with Crippen molar-refractivity contribution in [1.29, 1.82) is 0 Å². The topological polar surface area (TPSA) is 146 Å². The van der Waals surface area contributed by atoms with Gasteiger partial charge >= 0.3 is 0 Å². The average Bonchev–Trinajstić information content (AvgIpc) is 3.50. The van der Waals surface area contributed by atoms with E-state index >= 15 is 0 Å². The number of hydrogen-bond acceptors (Lipinski definition) is 10. The Morgan fingerprint density at radius 3 is 2.60 bits per heavy atom. The fourth-order valence-electron chi connectivity index (χ4n) is 4.74. The molecule has 3 aromatic rings. The summed E-state index contributed by atoms with van der Waals surface area (Å²) in [4.78, 5) is 13.9. The second-order valence-corrected chi connectivity index (χ2v) is 9.62. The number of rotatable bonds is 9. The predicted molar refractivity (Wildman–Crippen MR) is 132 cm³/mol. The summed E-state index contributed by atoms with van der Waals surface area (Å²) in [6.07, 6.45) is 0.775. The molecule has 5 rings (SSSR count). The molecule has 2 fully saturated rings. The zero-order chi connectivity index (χ0) is 24.7. The first kappa shape index (κ1) is 23.8. The van der Waals surface area contributed by atoms with Crippen molar-refractivity contribution < 1.29 is 24.5 Å². The van der Waals surface area contributed by atoms with Crippen LogP contribution in [0.5, 0.6) is 5.88 Å². The van der Waals surface area contributed by atoms with Crippen molar-refractivity contribution in [1.82, 2.24) is 15.0 Å². The van der Waals surface area contributed by atoms with Gasteiger partial charge in [-0.15, -0.1) is 0 Å². The third kappa shape index (κ3) is 4.78. The molecular weight excluding hydrogens is 450 g/mol. The van der Waals surface area contributed by atoms with E-state index < -0.39 is 24.2 Å². The van der Waals surface area contributed by atoms with Crippen molar-refractivity contribution in [3.8, 4) is 17.2 Å². The molecule has 0 aromatic carbocycles. The minimum Gasteiger partial charge on any atom is -0.475 e. The van der Waals surface area contributed by atoms with Crippen LogP contribution in [0.2, 0.25) is 0 Å². The molecule has 5 N–H and O–H groups in total. The molecule has 2 aliphatic rings. The lowest BCUT2D eigenvalue weighted by Crippen LogP contribution is -2.35. The van der Waals surface area contributed by atoms with Crippen molar-refractivity contribution in [2.75, 3.05) is 30.4 Å². The molecular formula is C25H33N5O5. The number of hydrogen-bond donors (Lipinski definition) is 5. The number of anilines is 2. The van der Waals surface area contributed by atoms with Crippen LogP contribution in [0.4, 0.5) is 11.8 Å². The average molecular weight is 484 g/mol. The maximum absolute atomic E-state index is 10.6. The minimum atomic E-state index is -1.04. The highest BCUT2D eigenvalue weighted by atomic mass is 16.5. The molecule has 10 nitrogen and oxygen atoms in total. The molecule has 35 heavy (non-hydrogen) atoms. The minimum absolute atomic E-state index is 0.198. The fourth-order valence-corrected chi connectivity index (χ4v) is 4.74. The molecule has 10 heteroatoms. The number of furan rings is 1. The molecule has 0 saturated heterocycles. The summed E-state index contributed by atoms with van der Waals surface area (Å²) in [7, 11) is 0. The van der Waals surface area contributed by atoms with Crippen LogP contribution in [0.25, 0.3) is 22.3 Å². The highest BCUT2D eigenvalue weighted by Crippen LogP contribution is 2.39. The Balaban J connectivity index is 1.56. The number of aliphatic hydroxyl groups excluding tert-OH is 3. The number of nitrogens with one attached hydrogen (secondary N) is 2. The summed E-state index contributed by atoms with van der Waals surface area (Å²) < 4.78 is 11.9. The van der Waals surface area contributed by atoms with E-state index in [0.717, 1.165) is 17.6 Å². The summed E-state index contributed by atoms with van der Waals surface area (Å²) in [6, 6.07) is 3.36. The smallest absolute Gasteiger partial charge is 0.258 e. The third-order valence-electron chi connectivity index (χ3n) is 6.82. The second-order valence-electron chi connectivity index (χ2n) is 9.62. The van der Waals surface area contributed by atoms with Crippen molar-refractivity contribution in [2.45, 2.75) is 58.3 Å². The standard InChI is InChI=1S/C25H33N5O5/c1-4-34-24-22-15(7-12(2)27-24)9-18(35-22)19-13(3)28-25(26-10-14-5-6-14)30-23(19)29-17-8-16(11-31)20(32)21(17)33/h7,9,14,16-17,20-21,31-33H,4-6,8,10-11H2,1-3H3,(H2,26,28,29,30). The predicted octanol–water partition coefficient (Wildman–Crippen LogP) is 2.64. The Labute approximate surface area is 203 Å². The van der Waals surface area contributed by atoms with Gasteiger partial charge in [-0.05, 0) is 58.1 Å². The number of fused-ring (bicyclic) bond motifs is 1. The lowest BCUT2D eigenvalue weighted by atomic mass is 10.1. The summed E-state index contributed by atoms with van der Waals surface area (Å²) in [5.41, 5.74) is 2.73. The number of aryl methyl sites for hydroxylation is 2. The van der Waals surface area contributed by atoms with E-state index in [1.54, 1.807) is 0 Å². The SMILES string of the molecule is CCOc1nc(C)cc2cc(-c3c(C)nc(NCC4CC4)nc3NC3CC(CO)C(O)C3O)oc12. The highest BCUT2D eigenvalue weighted by molar-refractivity contribution is 5.89. The third-order valence-corrected chi connectivity index (χ3v) is 6.82. The van der Waals surface area contributed by atoms with Crippen LogP contribution in [0.15, 0.2) is 16.5 Å². The van der Waals surface area contributed by atoms with Crippen molar-refractivity contribution >= 4 is 22.7 Å². The van der Waals surface area contributed by atoms with Gasteiger partial charge < -0.3 is 35.1 Å². The van der Waals surface area contributed by atoms with Crippen LogP contribution < -0.4 is 15.4 Å². The maximum atomic E-state index is 10.6. The van der Waals surface area contributed by atoms with Crippen molar-refractivity contribution in [3.05, 3.63) is 23.5 Å². The normalized spacial score (nSPS) is 24.2. The monoisotopic (exact) mass is 483 g/mol. The molecule has 2 saturated carbocycles. The van der Waals surface area contributed by atoms with Gasteiger partial charge in [0.2, 0.25) is 5.95 Å². The Kier molecular flexibility index (Phi) is 6.52. The van der Waals surface area contributed by atoms with E-state index in [2.05, 4.69) is 20.6 Å². The zero-order valence-corrected chi connectivity index (χ0v) is 20.3. The first-order valence-corrected chi connectivity index (χ1v) is 12.3. The molecule has 0 bridgehead atoms. The van der Waals surface area contributed by atoms with Gasteiger partial charge in [0.1, 0.15) is 17.7 Å². The summed E-state index contributed by atoms with van der Waals surface area (Å²) in [5, 5.41) is 38.0. The lowest BCUT2D eigenvalue weighted by Gasteiger charge is -2.21. The van der Waals surface area contributed by atoms with Gasteiger partial charge in [0.25, 0.3) is 5.88 Å². The van der Waals surface area contributed by atoms with Gasteiger partial charge in [0.15, 0.2) is 5.58 Å². The number of nitrogens with zero attached hydrogens (tertiary/aromatic N) is 3. The van der Waals surface area contributed by atoms with Crippen molar-refractivity contribution in [3.63, 3.8) is 0 Å². The van der Waals surface area contributed by atoms with Crippen LogP contribution in [0.1, 0.15) is 37.6 Å². The molecule has 3 heterocycles. The van der Waals surface area contributed by atoms with Crippen molar-refractivity contribution in [2.24, 2.45) is 11.8 Å². The number of pyridine rings is 1. The lowest BCUT2D eigenvalue weighted by molar-refractivity contribution is 0.00446. The molecule has 0 amide bonds. The van der Waals surface area contributed by atoms with E-state index in [-0.39, 0.29) is 6.61 Å². The Morgan fingerprint density at radius 1 is 1.11 bits per heavy atom. The largest absolute Gasteiger partial charge is 0.475 e. The first-order chi connectivity index (χ1) is 16.9. The van der Waals surface area contributed by atoms with Gasteiger partial charge in [-0.1, -0.05) is 0 Å². The first-order valence-electron chi connectivity index (χ1n) is 12.3. The van der Waals surface area contributed by atoms with E-state index in [0.29, 0.717) is 59.2 Å². The van der Waals surface area contributed by atoms with Gasteiger partial charge in [0.05, 0.1) is 30.0 Å². The molecule has 4 unspecified atom stereocenters. The molecule has 2 aliphatic carbocycles. The van der Waals surface area contributed by atoms with Gasteiger partial charge in [0, 0.05) is 30.1 Å². The molecule has 3 aromatic heterocycles. The molecule has 0 spiro atoms. The van der Waals surface area contributed by atoms with Crippen LogP contribution in [-0.4, -0.2) is 68.3 Å². The number of aromatic nitrogens is 3. The molecule has 4 atom stereocenters. The second kappa shape index (κ2) is 9.60. The molecule has 0 aliphatic heterocycles.